The highest BCUT2D eigenvalue weighted by molar-refractivity contribution is 5.96. The van der Waals surface area contributed by atoms with Crippen molar-refractivity contribution in [3.63, 3.8) is 0 Å². The summed E-state index contributed by atoms with van der Waals surface area (Å²) in [5, 5.41) is 0. The van der Waals surface area contributed by atoms with Gasteiger partial charge in [0.1, 0.15) is 18.2 Å². The Morgan fingerprint density at radius 1 is 1.24 bits per heavy atom. The number of carbonyl (C=O) groups is 1. The minimum absolute atomic E-state index is 0.295. The quantitative estimate of drug-likeness (QED) is 0.441. The highest BCUT2D eigenvalue weighted by atomic mass is 19.3. The highest BCUT2D eigenvalue weighted by Crippen LogP contribution is 2.14. The summed E-state index contributed by atoms with van der Waals surface area (Å²) in [6, 6.07) is 3.04. The largest absolute Gasteiger partial charge is 0.375 e. The number of hydrogen-bond donors (Lipinski definition) is 0. The maximum atomic E-state index is 13.1. The van der Waals surface area contributed by atoms with Gasteiger partial charge in [0, 0.05) is 6.42 Å². The lowest BCUT2D eigenvalue weighted by atomic mass is 10.1. The molecule has 0 saturated carbocycles. The van der Waals surface area contributed by atoms with Crippen molar-refractivity contribution in [2.24, 2.45) is 0 Å². The molecule has 0 radical (unpaired) electrons. The molecule has 94 valence electrons. The molecule has 0 heterocycles. The fourth-order valence-electron chi connectivity index (χ4n) is 1.23. The van der Waals surface area contributed by atoms with Crippen LogP contribution in [0.2, 0.25) is 0 Å². The van der Waals surface area contributed by atoms with Gasteiger partial charge in [-0.05, 0) is 12.1 Å². The van der Waals surface area contributed by atoms with E-state index in [0.717, 1.165) is 18.2 Å². The predicted molar refractivity (Wildman–Crippen MR) is 52.1 cm³/mol. The molecular formula is C11H10F4O2. The number of halogens is 4. The van der Waals surface area contributed by atoms with Gasteiger partial charge in [-0.1, -0.05) is 6.07 Å². The zero-order valence-corrected chi connectivity index (χ0v) is 8.76. The van der Waals surface area contributed by atoms with Crippen molar-refractivity contribution in [1.82, 2.24) is 0 Å². The summed E-state index contributed by atoms with van der Waals surface area (Å²) in [5.41, 5.74) is -0.659. The SMILES string of the molecule is O=C(CCOCC(F)F)c1c(F)cccc1F. The van der Waals surface area contributed by atoms with Crippen molar-refractivity contribution in [3.8, 4) is 0 Å². The number of hydrogen-bond acceptors (Lipinski definition) is 2. The number of benzene rings is 1. The Morgan fingerprint density at radius 3 is 2.35 bits per heavy atom. The molecule has 0 bridgehead atoms. The maximum absolute atomic E-state index is 13.1. The first-order valence-corrected chi connectivity index (χ1v) is 4.85. The number of carbonyl (C=O) groups excluding carboxylic acids is 1. The van der Waals surface area contributed by atoms with Crippen LogP contribution >= 0.6 is 0 Å². The number of rotatable bonds is 6. The third-order valence-corrected chi connectivity index (χ3v) is 1.96. The fraction of sp³-hybridized carbons (Fsp3) is 0.364. The highest BCUT2D eigenvalue weighted by Gasteiger charge is 2.16. The van der Waals surface area contributed by atoms with E-state index >= 15 is 0 Å². The standard InChI is InChI=1S/C11H10F4O2/c12-7-2-1-3-8(13)11(7)9(16)4-5-17-6-10(14)15/h1-3,10H,4-6H2. The molecule has 0 atom stereocenters. The van der Waals surface area contributed by atoms with Gasteiger partial charge < -0.3 is 4.74 Å². The molecule has 0 saturated heterocycles. The van der Waals surface area contributed by atoms with Gasteiger partial charge in [0.25, 0.3) is 6.43 Å². The summed E-state index contributed by atoms with van der Waals surface area (Å²) >= 11 is 0. The van der Waals surface area contributed by atoms with Crippen LogP contribution in [0.15, 0.2) is 18.2 Å². The van der Waals surface area contributed by atoms with Crippen molar-refractivity contribution in [2.45, 2.75) is 12.8 Å². The molecular weight excluding hydrogens is 240 g/mol. The average Bonchev–Trinajstić information content (AvgIpc) is 2.24. The Morgan fingerprint density at radius 2 is 1.82 bits per heavy atom. The van der Waals surface area contributed by atoms with E-state index in [9.17, 15) is 22.4 Å². The van der Waals surface area contributed by atoms with Crippen LogP contribution in [0.3, 0.4) is 0 Å². The van der Waals surface area contributed by atoms with E-state index in [1.54, 1.807) is 0 Å². The molecule has 0 N–H and O–H groups in total. The minimum atomic E-state index is -2.63. The van der Waals surface area contributed by atoms with Crippen LogP contribution < -0.4 is 0 Å². The lowest BCUT2D eigenvalue weighted by Crippen LogP contribution is -2.11. The second-order valence-electron chi connectivity index (χ2n) is 3.24. The smallest absolute Gasteiger partial charge is 0.261 e. The van der Waals surface area contributed by atoms with Crippen LogP contribution in [0.1, 0.15) is 16.8 Å². The molecule has 1 aromatic carbocycles. The van der Waals surface area contributed by atoms with Crippen LogP contribution in [-0.2, 0) is 4.74 Å². The first-order valence-electron chi connectivity index (χ1n) is 4.85. The molecule has 0 aliphatic rings. The lowest BCUT2D eigenvalue weighted by Gasteiger charge is -2.05. The monoisotopic (exact) mass is 250 g/mol. The molecule has 0 fully saturated rings. The summed E-state index contributed by atoms with van der Waals surface area (Å²) in [4.78, 5) is 11.4. The number of ketones is 1. The average molecular weight is 250 g/mol. The lowest BCUT2D eigenvalue weighted by molar-refractivity contribution is 0.0169. The Labute approximate surface area is 95.2 Å². The van der Waals surface area contributed by atoms with Crippen LogP contribution in [0, 0.1) is 11.6 Å². The predicted octanol–water partition coefficient (Wildman–Crippen LogP) is 2.82. The van der Waals surface area contributed by atoms with Gasteiger partial charge in [-0.3, -0.25) is 4.79 Å². The van der Waals surface area contributed by atoms with Gasteiger partial charge in [0.15, 0.2) is 5.78 Å². The summed E-state index contributed by atoms with van der Waals surface area (Å²) < 4.78 is 54.0. The first kappa shape index (κ1) is 13.6. The first-order chi connectivity index (χ1) is 8.02. The van der Waals surface area contributed by atoms with Crippen molar-refractivity contribution in [3.05, 3.63) is 35.4 Å². The van der Waals surface area contributed by atoms with Crippen LogP contribution in [0.5, 0.6) is 0 Å². The normalized spacial score (nSPS) is 10.9. The van der Waals surface area contributed by atoms with Gasteiger partial charge >= 0.3 is 0 Å². The zero-order valence-electron chi connectivity index (χ0n) is 8.76. The van der Waals surface area contributed by atoms with Crippen molar-refractivity contribution < 1.29 is 27.1 Å². The molecule has 1 rings (SSSR count). The summed E-state index contributed by atoms with van der Waals surface area (Å²) in [6.45, 7) is -1.09. The van der Waals surface area contributed by atoms with E-state index in [2.05, 4.69) is 4.74 Å². The topological polar surface area (TPSA) is 26.3 Å². The van der Waals surface area contributed by atoms with Crippen molar-refractivity contribution in [2.75, 3.05) is 13.2 Å². The molecule has 0 aromatic heterocycles. The number of ether oxygens (including phenoxy) is 1. The number of Topliss-reactive ketones (excluding diaryl/α,β-unsaturated/α-hetero) is 1. The summed E-state index contributed by atoms with van der Waals surface area (Å²) in [6.07, 6.45) is -2.97. The van der Waals surface area contributed by atoms with Crippen LogP contribution in [-0.4, -0.2) is 25.4 Å². The molecule has 0 amide bonds. The third-order valence-electron chi connectivity index (χ3n) is 1.96. The van der Waals surface area contributed by atoms with E-state index in [4.69, 9.17) is 0 Å². The molecule has 2 nitrogen and oxygen atoms in total. The van der Waals surface area contributed by atoms with Gasteiger partial charge in [-0.15, -0.1) is 0 Å². The molecule has 6 heteroatoms. The molecule has 0 aliphatic heterocycles. The van der Waals surface area contributed by atoms with Crippen LogP contribution in [0.25, 0.3) is 0 Å². The maximum Gasteiger partial charge on any atom is 0.261 e. The fourth-order valence-corrected chi connectivity index (χ4v) is 1.23. The van der Waals surface area contributed by atoms with E-state index in [-0.39, 0.29) is 13.0 Å². The molecule has 0 aliphatic carbocycles. The zero-order chi connectivity index (χ0) is 12.8. The second-order valence-corrected chi connectivity index (χ2v) is 3.24. The third kappa shape index (κ3) is 4.14. The summed E-state index contributed by atoms with van der Waals surface area (Å²) in [5.74, 6) is -2.75. The van der Waals surface area contributed by atoms with Crippen LogP contribution in [0.4, 0.5) is 17.6 Å². The Hall–Kier alpha value is -1.43. The van der Waals surface area contributed by atoms with Gasteiger partial charge in [-0.2, -0.15) is 0 Å². The molecule has 1 aromatic rings. The minimum Gasteiger partial charge on any atom is -0.375 e. The van der Waals surface area contributed by atoms with Gasteiger partial charge in [0.05, 0.1) is 12.2 Å². The molecule has 0 unspecified atom stereocenters. The molecule has 0 spiro atoms. The van der Waals surface area contributed by atoms with Gasteiger partial charge in [-0.25, -0.2) is 17.6 Å². The molecule has 17 heavy (non-hydrogen) atoms. The van der Waals surface area contributed by atoms with E-state index in [0.29, 0.717) is 0 Å². The Balaban J connectivity index is 2.53. The van der Waals surface area contributed by atoms with E-state index < -0.39 is 36.0 Å². The Bertz CT molecular complexity index is 373. The second kappa shape index (κ2) is 6.34. The number of alkyl halides is 2. The van der Waals surface area contributed by atoms with Crippen molar-refractivity contribution in [1.29, 1.82) is 0 Å². The summed E-state index contributed by atoms with van der Waals surface area (Å²) in [7, 11) is 0. The Kier molecular flexibility index (Phi) is 5.09. The van der Waals surface area contributed by atoms with Gasteiger partial charge in [0.2, 0.25) is 0 Å². The van der Waals surface area contributed by atoms with Crippen molar-refractivity contribution >= 4 is 5.78 Å². The van der Waals surface area contributed by atoms with E-state index in [1.807, 2.05) is 0 Å². The van der Waals surface area contributed by atoms with E-state index in [1.165, 1.54) is 0 Å².